The molecule has 0 aliphatic carbocycles. The molecule has 0 unspecified atom stereocenters. The SMILES string of the molecule is CCC(=O)N1CCc2sc(S(=O)(=O)Nc3cccc(C)c3)cc2C1. The molecule has 128 valence electrons. The van der Waals surface area contributed by atoms with Crippen LogP contribution in [0.5, 0.6) is 0 Å². The predicted octanol–water partition coefficient (Wildman–Crippen LogP) is 3.15. The Hall–Kier alpha value is -1.86. The monoisotopic (exact) mass is 364 g/mol. The Morgan fingerprint density at radius 3 is 2.83 bits per heavy atom. The molecule has 7 heteroatoms. The van der Waals surface area contributed by atoms with E-state index in [1.54, 1.807) is 23.1 Å². The second kappa shape index (κ2) is 6.57. The van der Waals surface area contributed by atoms with Crippen LogP contribution in [0.3, 0.4) is 0 Å². The first kappa shape index (κ1) is 17.0. The maximum atomic E-state index is 12.6. The van der Waals surface area contributed by atoms with Crippen molar-refractivity contribution in [2.75, 3.05) is 11.3 Å². The topological polar surface area (TPSA) is 66.5 Å². The van der Waals surface area contributed by atoms with E-state index in [9.17, 15) is 13.2 Å². The number of benzene rings is 1. The number of aryl methyl sites for hydroxylation is 1. The minimum Gasteiger partial charge on any atom is -0.338 e. The third-order valence-electron chi connectivity index (χ3n) is 4.03. The van der Waals surface area contributed by atoms with Gasteiger partial charge in [0.25, 0.3) is 10.0 Å². The van der Waals surface area contributed by atoms with Crippen LogP contribution in [0.15, 0.2) is 34.5 Å². The zero-order valence-corrected chi connectivity index (χ0v) is 15.3. The van der Waals surface area contributed by atoms with E-state index in [0.29, 0.717) is 35.8 Å². The van der Waals surface area contributed by atoms with Crippen LogP contribution < -0.4 is 4.72 Å². The van der Waals surface area contributed by atoms with Crippen molar-refractivity contribution in [1.82, 2.24) is 4.90 Å². The molecule has 0 saturated carbocycles. The van der Waals surface area contributed by atoms with Gasteiger partial charge in [-0.2, -0.15) is 0 Å². The number of carbonyl (C=O) groups excluding carboxylic acids is 1. The fraction of sp³-hybridized carbons (Fsp3) is 0.353. The zero-order valence-electron chi connectivity index (χ0n) is 13.7. The fourth-order valence-corrected chi connectivity index (χ4v) is 5.38. The third kappa shape index (κ3) is 3.47. The summed E-state index contributed by atoms with van der Waals surface area (Å²) in [6.45, 7) is 4.91. The Kier molecular flexibility index (Phi) is 4.64. The number of carbonyl (C=O) groups is 1. The molecule has 0 spiro atoms. The molecule has 1 aromatic heterocycles. The molecule has 0 bridgehead atoms. The van der Waals surface area contributed by atoms with Gasteiger partial charge in [-0.3, -0.25) is 9.52 Å². The smallest absolute Gasteiger partial charge is 0.271 e. The van der Waals surface area contributed by atoms with Gasteiger partial charge in [-0.15, -0.1) is 11.3 Å². The molecule has 24 heavy (non-hydrogen) atoms. The van der Waals surface area contributed by atoms with E-state index in [1.807, 2.05) is 26.0 Å². The van der Waals surface area contributed by atoms with Gasteiger partial charge in [-0.05, 0) is 42.7 Å². The van der Waals surface area contributed by atoms with Gasteiger partial charge in [-0.1, -0.05) is 19.1 Å². The molecule has 1 aliphatic rings. The van der Waals surface area contributed by atoms with Gasteiger partial charge in [0.05, 0.1) is 0 Å². The number of amides is 1. The Labute approximate surface area is 146 Å². The summed E-state index contributed by atoms with van der Waals surface area (Å²) < 4.78 is 28.2. The summed E-state index contributed by atoms with van der Waals surface area (Å²) in [7, 11) is -3.60. The van der Waals surface area contributed by atoms with Crippen molar-refractivity contribution in [3.8, 4) is 0 Å². The molecular formula is C17H20N2O3S2. The largest absolute Gasteiger partial charge is 0.338 e. The van der Waals surface area contributed by atoms with E-state index in [1.165, 1.54) is 11.3 Å². The second-order valence-corrected chi connectivity index (χ2v) is 8.95. The number of sulfonamides is 1. The lowest BCUT2D eigenvalue weighted by atomic mass is 10.1. The molecule has 3 rings (SSSR count). The van der Waals surface area contributed by atoms with Crippen molar-refractivity contribution >= 4 is 33.0 Å². The van der Waals surface area contributed by atoms with Crippen LogP contribution in [0, 0.1) is 6.92 Å². The van der Waals surface area contributed by atoms with E-state index >= 15 is 0 Å². The lowest BCUT2D eigenvalue weighted by Crippen LogP contribution is -2.34. The number of hydrogen-bond acceptors (Lipinski definition) is 4. The third-order valence-corrected chi connectivity index (χ3v) is 7.13. The Balaban J connectivity index is 1.83. The van der Waals surface area contributed by atoms with Crippen LogP contribution in [0.25, 0.3) is 0 Å². The first-order chi connectivity index (χ1) is 11.4. The van der Waals surface area contributed by atoms with Gasteiger partial charge in [0, 0.05) is 30.1 Å². The predicted molar refractivity (Wildman–Crippen MR) is 95.7 cm³/mol. The molecule has 0 radical (unpaired) electrons. The summed E-state index contributed by atoms with van der Waals surface area (Å²) in [6, 6.07) is 8.97. The van der Waals surface area contributed by atoms with Gasteiger partial charge in [0.2, 0.25) is 5.91 Å². The van der Waals surface area contributed by atoms with Gasteiger partial charge < -0.3 is 4.90 Å². The van der Waals surface area contributed by atoms with Crippen LogP contribution in [-0.4, -0.2) is 25.8 Å². The van der Waals surface area contributed by atoms with Crippen LogP contribution in [0.2, 0.25) is 0 Å². The summed E-state index contributed by atoms with van der Waals surface area (Å²) >= 11 is 1.30. The van der Waals surface area contributed by atoms with Gasteiger partial charge >= 0.3 is 0 Å². The standard InChI is InChI=1S/C17H20N2O3S2/c1-3-16(20)19-8-7-15-13(11-19)10-17(23-15)24(21,22)18-14-6-4-5-12(2)9-14/h4-6,9-10,18H,3,7-8,11H2,1-2H3. The average Bonchev–Trinajstić information content (AvgIpc) is 2.97. The van der Waals surface area contributed by atoms with E-state index in [0.717, 1.165) is 16.0 Å². The maximum Gasteiger partial charge on any atom is 0.271 e. The number of thiophene rings is 1. The number of fused-ring (bicyclic) bond motifs is 1. The van der Waals surface area contributed by atoms with Crippen molar-refractivity contribution in [3.63, 3.8) is 0 Å². The zero-order chi connectivity index (χ0) is 17.3. The van der Waals surface area contributed by atoms with Crippen molar-refractivity contribution in [3.05, 3.63) is 46.3 Å². The molecule has 1 N–H and O–H groups in total. The lowest BCUT2D eigenvalue weighted by Gasteiger charge is -2.26. The first-order valence-electron chi connectivity index (χ1n) is 7.88. The molecule has 0 atom stereocenters. The molecule has 2 heterocycles. The highest BCUT2D eigenvalue weighted by Crippen LogP contribution is 2.32. The molecule has 0 saturated heterocycles. The van der Waals surface area contributed by atoms with Crippen molar-refractivity contribution in [2.24, 2.45) is 0 Å². The summed E-state index contributed by atoms with van der Waals surface area (Å²) in [6.07, 6.45) is 1.19. The van der Waals surface area contributed by atoms with Crippen LogP contribution in [0.1, 0.15) is 29.3 Å². The number of nitrogens with one attached hydrogen (secondary N) is 1. The lowest BCUT2D eigenvalue weighted by molar-refractivity contribution is -0.131. The normalized spacial score (nSPS) is 14.3. The van der Waals surface area contributed by atoms with Crippen LogP contribution in [0.4, 0.5) is 5.69 Å². The highest BCUT2D eigenvalue weighted by Gasteiger charge is 2.26. The molecule has 5 nitrogen and oxygen atoms in total. The van der Waals surface area contributed by atoms with E-state index in [-0.39, 0.29) is 5.91 Å². The van der Waals surface area contributed by atoms with E-state index in [2.05, 4.69) is 4.72 Å². The molecule has 1 amide bonds. The molecule has 2 aromatic rings. The summed E-state index contributed by atoms with van der Waals surface area (Å²) in [4.78, 5) is 14.7. The van der Waals surface area contributed by atoms with Crippen LogP contribution >= 0.6 is 11.3 Å². The number of hydrogen-bond donors (Lipinski definition) is 1. The summed E-state index contributed by atoms with van der Waals surface area (Å²) in [5.41, 5.74) is 2.50. The highest BCUT2D eigenvalue weighted by molar-refractivity contribution is 7.94. The molecule has 0 fully saturated rings. The minimum absolute atomic E-state index is 0.106. The highest BCUT2D eigenvalue weighted by atomic mass is 32.2. The second-order valence-electron chi connectivity index (χ2n) is 5.91. The van der Waals surface area contributed by atoms with Crippen molar-refractivity contribution in [1.29, 1.82) is 0 Å². The average molecular weight is 364 g/mol. The summed E-state index contributed by atoms with van der Waals surface area (Å²) in [5.74, 6) is 0.106. The van der Waals surface area contributed by atoms with Gasteiger partial charge in [0.1, 0.15) is 4.21 Å². The van der Waals surface area contributed by atoms with Gasteiger partial charge in [-0.25, -0.2) is 8.42 Å². The fourth-order valence-electron chi connectivity index (χ4n) is 2.79. The van der Waals surface area contributed by atoms with E-state index in [4.69, 9.17) is 0 Å². The number of anilines is 1. The Morgan fingerprint density at radius 1 is 1.33 bits per heavy atom. The summed E-state index contributed by atoms with van der Waals surface area (Å²) in [5, 5.41) is 0. The van der Waals surface area contributed by atoms with Crippen LogP contribution in [-0.2, 0) is 27.8 Å². The maximum absolute atomic E-state index is 12.6. The molecular weight excluding hydrogens is 344 g/mol. The number of rotatable bonds is 4. The van der Waals surface area contributed by atoms with Crippen molar-refractivity contribution < 1.29 is 13.2 Å². The number of nitrogens with zero attached hydrogens (tertiary/aromatic N) is 1. The minimum atomic E-state index is -3.60. The molecule has 1 aliphatic heterocycles. The Bertz CT molecular complexity index is 872. The van der Waals surface area contributed by atoms with E-state index < -0.39 is 10.0 Å². The van der Waals surface area contributed by atoms with Crippen molar-refractivity contribution in [2.45, 2.75) is 37.4 Å². The quantitative estimate of drug-likeness (QED) is 0.906. The first-order valence-corrected chi connectivity index (χ1v) is 10.2. The molecule has 1 aromatic carbocycles. The van der Waals surface area contributed by atoms with Gasteiger partial charge in [0.15, 0.2) is 0 Å². The Morgan fingerprint density at radius 2 is 2.12 bits per heavy atom.